The van der Waals surface area contributed by atoms with Crippen LogP contribution in [0.5, 0.6) is 0 Å². The zero-order valence-corrected chi connectivity index (χ0v) is 11.7. The number of nitrogens with zero attached hydrogens (tertiary/aromatic N) is 3. The lowest BCUT2D eigenvalue weighted by Gasteiger charge is -2.21. The largest absolute Gasteiger partial charge is 0.372 e. The predicted molar refractivity (Wildman–Crippen MR) is 80.0 cm³/mol. The van der Waals surface area contributed by atoms with Gasteiger partial charge in [-0.3, -0.25) is 9.78 Å². The Morgan fingerprint density at radius 1 is 1.15 bits per heavy atom. The summed E-state index contributed by atoms with van der Waals surface area (Å²) in [6.45, 7) is 6.16. The summed E-state index contributed by atoms with van der Waals surface area (Å²) in [5.74, 6) is -0.256. The van der Waals surface area contributed by atoms with Crippen molar-refractivity contribution < 1.29 is 4.79 Å². The Kier molecular flexibility index (Phi) is 4.65. The Hall–Kier alpha value is -2.43. The molecule has 5 heteroatoms. The Morgan fingerprint density at radius 3 is 2.40 bits per heavy atom. The lowest BCUT2D eigenvalue weighted by molar-refractivity contribution is 0.102. The van der Waals surface area contributed by atoms with Gasteiger partial charge in [-0.25, -0.2) is 4.98 Å². The van der Waals surface area contributed by atoms with E-state index in [1.54, 1.807) is 0 Å². The highest BCUT2D eigenvalue weighted by molar-refractivity contribution is 6.02. The molecule has 0 bridgehead atoms. The van der Waals surface area contributed by atoms with Crippen molar-refractivity contribution in [1.29, 1.82) is 0 Å². The van der Waals surface area contributed by atoms with Gasteiger partial charge < -0.3 is 10.2 Å². The molecule has 1 aromatic heterocycles. The van der Waals surface area contributed by atoms with Crippen LogP contribution >= 0.6 is 0 Å². The summed E-state index contributed by atoms with van der Waals surface area (Å²) in [6.07, 6.45) is 4.48. The smallest absolute Gasteiger partial charge is 0.275 e. The molecular weight excluding hydrogens is 252 g/mol. The summed E-state index contributed by atoms with van der Waals surface area (Å²) in [5.41, 5.74) is 2.20. The van der Waals surface area contributed by atoms with Gasteiger partial charge in [0.2, 0.25) is 0 Å². The van der Waals surface area contributed by atoms with Crippen molar-refractivity contribution in [3.8, 4) is 0 Å². The molecule has 1 amide bonds. The predicted octanol–water partition coefficient (Wildman–Crippen LogP) is 2.58. The molecule has 0 atom stereocenters. The maximum Gasteiger partial charge on any atom is 0.275 e. The summed E-state index contributed by atoms with van der Waals surface area (Å²) in [7, 11) is 0. The van der Waals surface area contributed by atoms with Crippen molar-refractivity contribution >= 4 is 17.3 Å². The fourth-order valence-corrected chi connectivity index (χ4v) is 1.96. The molecule has 104 valence electrons. The molecule has 1 N–H and O–H groups in total. The first-order chi connectivity index (χ1) is 9.74. The highest BCUT2D eigenvalue weighted by Crippen LogP contribution is 2.18. The summed E-state index contributed by atoms with van der Waals surface area (Å²) in [6, 6.07) is 7.78. The molecule has 0 fully saturated rings. The molecule has 20 heavy (non-hydrogen) atoms. The number of aromatic nitrogens is 2. The third kappa shape index (κ3) is 3.32. The minimum Gasteiger partial charge on any atom is -0.372 e. The summed E-state index contributed by atoms with van der Waals surface area (Å²) >= 11 is 0. The van der Waals surface area contributed by atoms with Crippen molar-refractivity contribution in [3.63, 3.8) is 0 Å². The fraction of sp³-hybridized carbons (Fsp3) is 0.267. The standard InChI is InChI=1S/C15H18N4O/c1-3-19(4-2)13-7-5-12(6-8-13)18-15(20)14-11-16-9-10-17-14/h5-11H,3-4H2,1-2H3,(H,18,20). The number of carbonyl (C=O) groups excluding carboxylic acids is 1. The van der Waals surface area contributed by atoms with Crippen LogP contribution in [-0.2, 0) is 0 Å². The van der Waals surface area contributed by atoms with E-state index in [2.05, 4.69) is 34.0 Å². The third-order valence-corrected chi connectivity index (χ3v) is 3.05. The van der Waals surface area contributed by atoms with Crippen LogP contribution in [0.1, 0.15) is 24.3 Å². The zero-order valence-electron chi connectivity index (χ0n) is 11.7. The zero-order chi connectivity index (χ0) is 14.4. The minimum atomic E-state index is -0.256. The molecule has 5 nitrogen and oxygen atoms in total. The van der Waals surface area contributed by atoms with Gasteiger partial charge in [0.15, 0.2) is 0 Å². The van der Waals surface area contributed by atoms with E-state index in [9.17, 15) is 4.79 Å². The van der Waals surface area contributed by atoms with Crippen molar-refractivity contribution in [3.05, 3.63) is 48.5 Å². The SMILES string of the molecule is CCN(CC)c1ccc(NC(=O)c2cnccn2)cc1. The Labute approximate surface area is 118 Å². The minimum absolute atomic E-state index is 0.256. The van der Waals surface area contributed by atoms with E-state index >= 15 is 0 Å². The first-order valence-corrected chi connectivity index (χ1v) is 6.67. The maximum absolute atomic E-state index is 11.9. The number of hydrogen-bond donors (Lipinski definition) is 1. The Morgan fingerprint density at radius 2 is 1.85 bits per heavy atom. The lowest BCUT2D eigenvalue weighted by atomic mass is 10.2. The van der Waals surface area contributed by atoms with Gasteiger partial charge in [-0.1, -0.05) is 0 Å². The van der Waals surface area contributed by atoms with Gasteiger partial charge in [0.1, 0.15) is 5.69 Å². The van der Waals surface area contributed by atoms with E-state index in [-0.39, 0.29) is 5.91 Å². The maximum atomic E-state index is 11.9. The number of hydrogen-bond acceptors (Lipinski definition) is 4. The highest BCUT2D eigenvalue weighted by Gasteiger charge is 2.07. The second-order valence-electron chi connectivity index (χ2n) is 4.26. The van der Waals surface area contributed by atoms with E-state index in [0.717, 1.165) is 24.5 Å². The van der Waals surface area contributed by atoms with Crippen molar-refractivity contribution in [2.45, 2.75) is 13.8 Å². The van der Waals surface area contributed by atoms with E-state index in [4.69, 9.17) is 0 Å². The molecule has 2 rings (SSSR count). The van der Waals surface area contributed by atoms with E-state index in [1.807, 2.05) is 24.3 Å². The van der Waals surface area contributed by atoms with Gasteiger partial charge in [-0.05, 0) is 38.1 Å². The van der Waals surface area contributed by atoms with Gasteiger partial charge in [0, 0.05) is 36.9 Å². The normalized spacial score (nSPS) is 10.1. The fourth-order valence-electron chi connectivity index (χ4n) is 1.96. The van der Waals surface area contributed by atoms with Crippen LogP contribution in [0.3, 0.4) is 0 Å². The van der Waals surface area contributed by atoms with Crippen molar-refractivity contribution in [2.24, 2.45) is 0 Å². The first-order valence-electron chi connectivity index (χ1n) is 6.67. The van der Waals surface area contributed by atoms with Crippen molar-refractivity contribution in [1.82, 2.24) is 9.97 Å². The molecule has 0 aliphatic heterocycles. The monoisotopic (exact) mass is 270 g/mol. The average molecular weight is 270 g/mol. The van der Waals surface area contributed by atoms with Crippen LogP contribution in [-0.4, -0.2) is 29.0 Å². The number of anilines is 2. The van der Waals surface area contributed by atoms with Gasteiger partial charge in [-0.2, -0.15) is 0 Å². The van der Waals surface area contributed by atoms with Crippen LogP contribution in [0.2, 0.25) is 0 Å². The lowest BCUT2D eigenvalue weighted by Crippen LogP contribution is -2.21. The number of benzene rings is 1. The summed E-state index contributed by atoms with van der Waals surface area (Å²) in [4.78, 5) is 22.0. The molecule has 0 spiro atoms. The summed E-state index contributed by atoms with van der Waals surface area (Å²) in [5, 5.41) is 2.80. The molecule has 0 saturated carbocycles. The number of carbonyl (C=O) groups is 1. The average Bonchev–Trinajstić information content (AvgIpc) is 2.51. The van der Waals surface area contributed by atoms with E-state index in [1.165, 1.54) is 18.6 Å². The van der Waals surface area contributed by atoms with Gasteiger partial charge in [-0.15, -0.1) is 0 Å². The van der Waals surface area contributed by atoms with Crippen molar-refractivity contribution in [2.75, 3.05) is 23.3 Å². The highest BCUT2D eigenvalue weighted by atomic mass is 16.1. The van der Waals surface area contributed by atoms with Crippen LogP contribution in [0.4, 0.5) is 11.4 Å². The van der Waals surface area contributed by atoms with Crippen LogP contribution in [0.15, 0.2) is 42.9 Å². The van der Waals surface area contributed by atoms with Crippen LogP contribution in [0, 0.1) is 0 Å². The molecule has 0 aliphatic carbocycles. The van der Waals surface area contributed by atoms with E-state index in [0.29, 0.717) is 5.69 Å². The second kappa shape index (κ2) is 6.65. The van der Waals surface area contributed by atoms with Crippen LogP contribution in [0.25, 0.3) is 0 Å². The van der Waals surface area contributed by atoms with Gasteiger partial charge >= 0.3 is 0 Å². The molecule has 1 aromatic carbocycles. The molecule has 0 radical (unpaired) electrons. The molecule has 0 aliphatic rings. The summed E-state index contributed by atoms with van der Waals surface area (Å²) < 4.78 is 0. The van der Waals surface area contributed by atoms with E-state index < -0.39 is 0 Å². The van der Waals surface area contributed by atoms with Gasteiger partial charge in [0.05, 0.1) is 6.20 Å². The Bertz CT molecular complexity index is 550. The molecule has 0 saturated heterocycles. The molecule has 2 aromatic rings. The van der Waals surface area contributed by atoms with Gasteiger partial charge in [0.25, 0.3) is 5.91 Å². The first kappa shape index (κ1) is 14.0. The number of rotatable bonds is 5. The third-order valence-electron chi connectivity index (χ3n) is 3.05. The Balaban J connectivity index is 2.06. The second-order valence-corrected chi connectivity index (χ2v) is 4.26. The molecule has 0 unspecified atom stereocenters. The molecular formula is C15H18N4O. The topological polar surface area (TPSA) is 58.1 Å². The number of nitrogens with one attached hydrogen (secondary N) is 1. The quantitative estimate of drug-likeness (QED) is 0.907. The molecule has 1 heterocycles. The van der Waals surface area contributed by atoms with Crippen LogP contribution < -0.4 is 10.2 Å². The number of amides is 1.